The van der Waals surface area contributed by atoms with Gasteiger partial charge in [0.1, 0.15) is 11.4 Å². The second kappa shape index (κ2) is 6.16. The lowest BCUT2D eigenvalue weighted by Crippen LogP contribution is -2.09. The molecule has 7 heteroatoms. The van der Waals surface area contributed by atoms with Crippen LogP contribution < -0.4 is 10.5 Å². The summed E-state index contributed by atoms with van der Waals surface area (Å²) >= 11 is 0. The van der Waals surface area contributed by atoms with Crippen LogP contribution >= 0.6 is 0 Å². The maximum Gasteiger partial charge on any atom is 0.417 e. The number of methoxy groups -OCH3 is 1. The third-order valence-corrected chi connectivity index (χ3v) is 3.77. The first kappa shape index (κ1) is 16.3. The quantitative estimate of drug-likeness (QED) is 0.793. The van der Waals surface area contributed by atoms with E-state index in [4.69, 9.17) is 10.5 Å². The highest BCUT2D eigenvalue weighted by atomic mass is 19.4. The van der Waals surface area contributed by atoms with Crippen molar-refractivity contribution in [3.8, 4) is 17.0 Å². The van der Waals surface area contributed by atoms with E-state index in [9.17, 15) is 13.2 Å². The first-order valence-corrected chi connectivity index (χ1v) is 7.36. The van der Waals surface area contributed by atoms with Gasteiger partial charge in [0, 0.05) is 18.2 Å². The second-order valence-corrected chi connectivity index (χ2v) is 5.32. The number of rotatable bonds is 4. The molecule has 0 radical (unpaired) electrons. The molecule has 0 spiro atoms. The van der Waals surface area contributed by atoms with Crippen LogP contribution in [-0.2, 0) is 12.6 Å². The van der Waals surface area contributed by atoms with Gasteiger partial charge in [0.15, 0.2) is 0 Å². The molecule has 0 saturated heterocycles. The number of nitrogens with zero attached hydrogens (tertiary/aromatic N) is 2. The van der Waals surface area contributed by atoms with Gasteiger partial charge in [-0.2, -0.15) is 13.2 Å². The van der Waals surface area contributed by atoms with Gasteiger partial charge < -0.3 is 14.9 Å². The lowest BCUT2D eigenvalue weighted by Gasteiger charge is -2.09. The van der Waals surface area contributed by atoms with Crippen molar-refractivity contribution in [2.45, 2.75) is 12.6 Å². The molecule has 0 unspecified atom stereocenters. The standard InChI is InChI=1S/C17H16F3N3O/c1-24-13-4-2-3-11(9-13)16-14(7-8-21)23-10-12(17(18,19)20)5-6-15(23)22-16/h2-6,9-10H,7-8,21H2,1H3. The summed E-state index contributed by atoms with van der Waals surface area (Å²) in [6.45, 7) is 0.307. The number of pyridine rings is 1. The van der Waals surface area contributed by atoms with Crippen LogP contribution in [0.4, 0.5) is 13.2 Å². The van der Waals surface area contributed by atoms with E-state index in [1.54, 1.807) is 19.2 Å². The number of hydrogen-bond acceptors (Lipinski definition) is 3. The number of aromatic nitrogens is 2. The number of nitrogens with two attached hydrogens (primary N) is 1. The Hall–Kier alpha value is -2.54. The van der Waals surface area contributed by atoms with Gasteiger partial charge in [-0.1, -0.05) is 12.1 Å². The molecule has 126 valence electrons. The first-order valence-electron chi connectivity index (χ1n) is 7.36. The molecule has 2 aromatic heterocycles. The van der Waals surface area contributed by atoms with E-state index in [1.165, 1.54) is 10.5 Å². The largest absolute Gasteiger partial charge is 0.497 e. The summed E-state index contributed by atoms with van der Waals surface area (Å²) in [4.78, 5) is 4.48. The average molecular weight is 335 g/mol. The average Bonchev–Trinajstić information content (AvgIpc) is 2.92. The van der Waals surface area contributed by atoms with E-state index >= 15 is 0 Å². The van der Waals surface area contributed by atoms with Gasteiger partial charge in [-0.05, 0) is 30.8 Å². The number of hydrogen-bond donors (Lipinski definition) is 1. The number of imidazole rings is 1. The van der Waals surface area contributed by atoms with E-state index < -0.39 is 11.7 Å². The van der Waals surface area contributed by atoms with Crippen molar-refractivity contribution in [2.24, 2.45) is 5.73 Å². The lowest BCUT2D eigenvalue weighted by molar-refractivity contribution is -0.137. The predicted octanol–water partition coefficient (Wildman–Crippen LogP) is 3.53. The Kier molecular flexibility index (Phi) is 4.19. The van der Waals surface area contributed by atoms with Gasteiger partial charge in [0.2, 0.25) is 0 Å². The zero-order chi connectivity index (χ0) is 17.3. The monoisotopic (exact) mass is 335 g/mol. The van der Waals surface area contributed by atoms with Crippen molar-refractivity contribution in [1.82, 2.24) is 9.38 Å². The van der Waals surface area contributed by atoms with Crippen LogP contribution in [0.2, 0.25) is 0 Å². The van der Waals surface area contributed by atoms with Crippen LogP contribution in [0.15, 0.2) is 42.6 Å². The van der Waals surface area contributed by atoms with Crippen molar-refractivity contribution in [3.05, 3.63) is 53.9 Å². The van der Waals surface area contributed by atoms with Crippen molar-refractivity contribution < 1.29 is 17.9 Å². The molecule has 0 aliphatic carbocycles. The van der Waals surface area contributed by atoms with Crippen molar-refractivity contribution in [3.63, 3.8) is 0 Å². The molecule has 3 aromatic rings. The fourth-order valence-electron chi connectivity index (χ4n) is 2.64. The Morgan fingerprint density at radius 2 is 2.00 bits per heavy atom. The minimum absolute atomic E-state index is 0.307. The molecule has 0 aliphatic rings. The molecule has 4 nitrogen and oxygen atoms in total. The van der Waals surface area contributed by atoms with E-state index in [0.29, 0.717) is 35.8 Å². The molecule has 0 aliphatic heterocycles. The van der Waals surface area contributed by atoms with E-state index in [0.717, 1.165) is 17.8 Å². The number of fused-ring (bicyclic) bond motifs is 1. The van der Waals surface area contributed by atoms with Crippen LogP contribution in [-0.4, -0.2) is 23.0 Å². The van der Waals surface area contributed by atoms with Gasteiger partial charge in [0.25, 0.3) is 0 Å². The topological polar surface area (TPSA) is 52.5 Å². The Morgan fingerprint density at radius 1 is 1.21 bits per heavy atom. The van der Waals surface area contributed by atoms with Gasteiger partial charge in [-0.3, -0.25) is 0 Å². The molecule has 0 saturated carbocycles. The summed E-state index contributed by atoms with van der Waals surface area (Å²) in [5.74, 6) is 0.652. The summed E-state index contributed by atoms with van der Waals surface area (Å²) in [6, 6.07) is 9.65. The Balaban J connectivity index is 2.22. The maximum absolute atomic E-state index is 13.0. The van der Waals surface area contributed by atoms with Crippen LogP contribution in [0.3, 0.4) is 0 Å². The third-order valence-electron chi connectivity index (χ3n) is 3.77. The summed E-state index contributed by atoms with van der Waals surface area (Å²) in [5.41, 5.74) is 7.41. The van der Waals surface area contributed by atoms with Crippen LogP contribution in [0.1, 0.15) is 11.3 Å². The lowest BCUT2D eigenvalue weighted by atomic mass is 10.1. The van der Waals surface area contributed by atoms with Gasteiger partial charge in [-0.15, -0.1) is 0 Å². The molecule has 2 heterocycles. The summed E-state index contributed by atoms with van der Waals surface area (Å²) < 4.78 is 45.6. The van der Waals surface area contributed by atoms with Crippen molar-refractivity contribution >= 4 is 5.65 Å². The molecule has 0 atom stereocenters. The summed E-state index contributed by atoms with van der Waals surface area (Å²) in [5, 5.41) is 0. The fourth-order valence-corrected chi connectivity index (χ4v) is 2.64. The molecular weight excluding hydrogens is 319 g/mol. The Bertz CT molecular complexity index is 871. The van der Waals surface area contributed by atoms with Crippen LogP contribution in [0.5, 0.6) is 5.75 Å². The highest BCUT2D eigenvalue weighted by Gasteiger charge is 2.31. The molecule has 0 amide bonds. The molecule has 3 rings (SSSR count). The highest BCUT2D eigenvalue weighted by Crippen LogP contribution is 2.32. The number of halogens is 3. The zero-order valence-corrected chi connectivity index (χ0v) is 13.0. The molecular formula is C17H16F3N3O. The number of benzene rings is 1. The van der Waals surface area contributed by atoms with Crippen molar-refractivity contribution in [1.29, 1.82) is 0 Å². The smallest absolute Gasteiger partial charge is 0.417 e. The van der Waals surface area contributed by atoms with E-state index in [2.05, 4.69) is 4.98 Å². The molecule has 24 heavy (non-hydrogen) atoms. The Labute approximate surface area is 136 Å². The van der Waals surface area contributed by atoms with Gasteiger partial charge >= 0.3 is 6.18 Å². The van der Waals surface area contributed by atoms with Gasteiger partial charge in [0.05, 0.1) is 24.1 Å². The molecule has 0 bridgehead atoms. The van der Waals surface area contributed by atoms with E-state index in [1.807, 2.05) is 12.1 Å². The molecule has 2 N–H and O–H groups in total. The third kappa shape index (κ3) is 2.94. The van der Waals surface area contributed by atoms with Gasteiger partial charge in [-0.25, -0.2) is 4.98 Å². The van der Waals surface area contributed by atoms with E-state index in [-0.39, 0.29) is 0 Å². The SMILES string of the molecule is COc1cccc(-c2nc3ccc(C(F)(F)F)cn3c2CCN)c1. The summed E-state index contributed by atoms with van der Waals surface area (Å²) in [7, 11) is 1.55. The van der Waals surface area contributed by atoms with Crippen LogP contribution in [0, 0.1) is 0 Å². The second-order valence-electron chi connectivity index (χ2n) is 5.32. The first-order chi connectivity index (χ1) is 11.4. The zero-order valence-electron chi connectivity index (χ0n) is 13.0. The van der Waals surface area contributed by atoms with Crippen molar-refractivity contribution in [2.75, 3.05) is 13.7 Å². The highest BCUT2D eigenvalue weighted by molar-refractivity contribution is 5.68. The molecule has 0 fully saturated rings. The normalized spacial score (nSPS) is 11.9. The Morgan fingerprint density at radius 3 is 2.67 bits per heavy atom. The molecule has 1 aromatic carbocycles. The number of alkyl halides is 3. The maximum atomic E-state index is 13.0. The summed E-state index contributed by atoms with van der Waals surface area (Å²) in [6.07, 6.45) is -2.93. The minimum atomic E-state index is -4.41. The fraction of sp³-hybridized carbons (Fsp3) is 0.235. The number of ether oxygens (including phenoxy) is 1. The minimum Gasteiger partial charge on any atom is -0.497 e. The van der Waals surface area contributed by atoms with Crippen LogP contribution in [0.25, 0.3) is 16.9 Å². The predicted molar refractivity (Wildman–Crippen MR) is 84.9 cm³/mol.